The van der Waals surface area contributed by atoms with Crippen molar-refractivity contribution < 1.29 is 0 Å². The Hall–Kier alpha value is 0.390. The molecule has 0 saturated carbocycles. The maximum atomic E-state index is 3.33. The molecule has 0 bridgehead atoms. The van der Waals surface area contributed by atoms with Gasteiger partial charge in [-0.2, -0.15) is 0 Å². The highest BCUT2D eigenvalue weighted by atomic mass is 31.1. The quantitative estimate of drug-likeness (QED) is 0.514. The molecule has 1 aliphatic rings. The largest absolute Gasteiger partial charge is 0.316 e. The van der Waals surface area contributed by atoms with Gasteiger partial charge in [0.15, 0.2) is 0 Å². The Labute approximate surface area is 60.0 Å². The minimum Gasteiger partial charge on any atom is -0.316 e. The molecule has 0 aliphatic carbocycles. The smallest absolute Gasteiger partial charge is 0.000944 e. The zero-order valence-electron chi connectivity index (χ0n) is 6.78. The van der Waals surface area contributed by atoms with Crippen molar-refractivity contribution in [2.75, 3.05) is 32.1 Å². The van der Waals surface area contributed by atoms with Crippen LogP contribution in [0.1, 0.15) is 13.8 Å². The van der Waals surface area contributed by atoms with Crippen LogP contribution in [0.15, 0.2) is 0 Å². The zero-order valence-corrected chi connectivity index (χ0v) is 7.67. The van der Waals surface area contributed by atoms with Crippen molar-refractivity contribution in [2.24, 2.45) is 0 Å². The van der Waals surface area contributed by atoms with Gasteiger partial charge in [-0.1, -0.05) is 13.8 Å². The van der Waals surface area contributed by atoms with E-state index in [-0.39, 0.29) is 0 Å². The summed E-state index contributed by atoms with van der Waals surface area (Å²) in [5.41, 5.74) is 0. The van der Waals surface area contributed by atoms with Crippen LogP contribution in [0.5, 0.6) is 0 Å². The van der Waals surface area contributed by atoms with Crippen molar-refractivity contribution in [1.82, 2.24) is 5.32 Å². The third kappa shape index (κ3) is 4.87. The molecule has 1 nitrogen and oxygen atoms in total. The van der Waals surface area contributed by atoms with E-state index in [0.29, 0.717) is 7.92 Å². The standard InChI is InChI=1S/C5H12NP.C2H6/c1-7-4-2-6-3-5-7;1-2/h6H,2-5H2,1H3;1-2H3. The van der Waals surface area contributed by atoms with E-state index >= 15 is 0 Å². The Morgan fingerprint density at radius 3 is 1.78 bits per heavy atom. The van der Waals surface area contributed by atoms with Crippen molar-refractivity contribution >= 4 is 7.92 Å². The molecule has 1 heterocycles. The lowest BCUT2D eigenvalue weighted by atomic mass is 10.6. The highest BCUT2D eigenvalue weighted by Gasteiger charge is 2.04. The van der Waals surface area contributed by atoms with Gasteiger partial charge in [0.2, 0.25) is 0 Å². The summed E-state index contributed by atoms with van der Waals surface area (Å²) in [4.78, 5) is 0. The van der Waals surface area contributed by atoms with Crippen LogP contribution in [-0.4, -0.2) is 32.1 Å². The van der Waals surface area contributed by atoms with Crippen LogP contribution >= 0.6 is 7.92 Å². The molecule has 1 fully saturated rings. The van der Waals surface area contributed by atoms with Crippen LogP contribution in [0.2, 0.25) is 0 Å². The van der Waals surface area contributed by atoms with Gasteiger partial charge in [-0.3, -0.25) is 0 Å². The average Bonchev–Trinajstić information content (AvgIpc) is 1.94. The molecular weight excluding hydrogens is 129 g/mol. The normalized spacial score (nSPS) is 20.3. The molecule has 56 valence electrons. The van der Waals surface area contributed by atoms with Gasteiger partial charge in [-0.05, 0) is 32.1 Å². The summed E-state index contributed by atoms with van der Waals surface area (Å²) >= 11 is 0. The monoisotopic (exact) mass is 147 g/mol. The first-order valence-corrected chi connectivity index (χ1v) is 5.95. The maximum Gasteiger partial charge on any atom is -0.000944 e. The van der Waals surface area contributed by atoms with Gasteiger partial charge in [0.1, 0.15) is 0 Å². The number of rotatable bonds is 0. The van der Waals surface area contributed by atoms with Crippen LogP contribution in [0.25, 0.3) is 0 Å². The summed E-state index contributed by atoms with van der Waals surface area (Å²) in [6, 6.07) is 0. The van der Waals surface area contributed by atoms with Gasteiger partial charge < -0.3 is 5.32 Å². The number of hydrogen-bond acceptors (Lipinski definition) is 1. The third-order valence-corrected chi connectivity index (χ3v) is 3.31. The highest BCUT2D eigenvalue weighted by Crippen LogP contribution is 2.29. The lowest BCUT2D eigenvalue weighted by Gasteiger charge is -2.18. The SMILES string of the molecule is CC.CP1CCNCC1. The van der Waals surface area contributed by atoms with Crippen LogP contribution in [0, 0.1) is 0 Å². The maximum absolute atomic E-state index is 3.33. The summed E-state index contributed by atoms with van der Waals surface area (Å²) in [5.74, 6) is 0. The van der Waals surface area contributed by atoms with Crippen LogP contribution < -0.4 is 5.32 Å². The summed E-state index contributed by atoms with van der Waals surface area (Å²) < 4.78 is 0. The summed E-state index contributed by atoms with van der Waals surface area (Å²) in [6.07, 6.45) is 2.88. The predicted octanol–water partition coefficient (Wildman–Crippen LogP) is 1.73. The molecule has 2 heteroatoms. The molecule has 0 radical (unpaired) electrons. The fourth-order valence-electron chi connectivity index (χ4n) is 0.777. The fourth-order valence-corrected chi connectivity index (χ4v) is 2.08. The van der Waals surface area contributed by atoms with E-state index in [1.54, 1.807) is 0 Å². The molecule has 0 spiro atoms. The summed E-state index contributed by atoms with van der Waals surface area (Å²) in [5, 5.41) is 3.33. The van der Waals surface area contributed by atoms with Gasteiger partial charge in [0.05, 0.1) is 0 Å². The minimum absolute atomic E-state index is 0.446. The lowest BCUT2D eigenvalue weighted by molar-refractivity contribution is 0.747. The van der Waals surface area contributed by atoms with Crippen molar-refractivity contribution in [3.63, 3.8) is 0 Å². The average molecular weight is 147 g/mol. The Bertz CT molecular complexity index is 50.9. The molecule has 1 aliphatic heterocycles. The molecule has 0 amide bonds. The Kier molecular flexibility index (Phi) is 6.79. The highest BCUT2D eigenvalue weighted by molar-refractivity contribution is 7.56. The Balaban J connectivity index is 0.000000291. The topological polar surface area (TPSA) is 12.0 Å². The first kappa shape index (κ1) is 9.39. The van der Waals surface area contributed by atoms with Crippen molar-refractivity contribution in [3.05, 3.63) is 0 Å². The van der Waals surface area contributed by atoms with E-state index < -0.39 is 0 Å². The first-order valence-electron chi connectivity index (χ1n) is 3.79. The Morgan fingerprint density at radius 2 is 1.56 bits per heavy atom. The zero-order chi connectivity index (χ0) is 7.11. The minimum atomic E-state index is 0.446. The molecule has 0 atom stereocenters. The molecule has 1 rings (SSSR count). The van der Waals surface area contributed by atoms with E-state index in [1.165, 1.54) is 25.4 Å². The van der Waals surface area contributed by atoms with Gasteiger partial charge in [-0.15, -0.1) is 7.92 Å². The Morgan fingerprint density at radius 1 is 1.11 bits per heavy atom. The van der Waals surface area contributed by atoms with Gasteiger partial charge in [0, 0.05) is 0 Å². The van der Waals surface area contributed by atoms with Crippen molar-refractivity contribution in [2.45, 2.75) is 13.8 Å². The third-order valence-electron chi connectivity index (χ3n) is 1.34. The van der Waals surface area contributed by atoms with E-state index in [9.17, 15) is 0 Å². The van der Waals surface area contributed by atoms with Gasteiger partial charge in [-0.25, -0.2) is 0 Å². The first-order chi connectivity index (χ1) is 4.39. The second kappa shape index (κ2) is 6.51. The van der Waals surface area contributed by atoms with Gasteiger partial charge in [0.25, 0.3) is 0 Å². The second-order valence-corrected chi connectivity index (χ2v) is 4.66. The molecule has 0 aromatic carbocycles. The van der Waals surface area contributed by atoms with Gasteiger partial charge >= 0.3 is 0 Å². The summed E-state index contributed by atoms with van der Waals surface area (Å²) in [6.45, 7) is 8.92. The fraction of sp³-hybridized carbons (Fsp3) is 1.00. The van der Waals surface area contributed by atoms with E-state index in [1.807, 2.05) is 13.8 Å². The summed E-state index contributed by atoms with van der Waals surface area (Å²) in [7, 11) is 0.446. The van der Waals surface area contributed by atoms with Crippen molar-refractivity contribution in [3.8, 4) is 0 Å². The van der Waals surface area contributed by atoms with Crippen LogP contribution in [0.4, 0.5) is 0 Å². The number of nitrogens with one attached hydrogen (secondary N) is 1. The lowest BCUT2D eigenvalue weighted by Crippen LogP contribution is -2.26. The molecule has 0 aromatic rings. The van der Waals surface area contributed by atoms with Crippen molar-refractivity contribution in [1.29, 1.82) is 0 Å². The molecule has 1 N–H and O–H groups in total. The molecule has 1 saturated heterocycles. The van der Waals surface area contributed by atoms with Crippen LogP contribution in [0.3, 0.4) is 0 Å². The van der Waals surface area contributed by atoms with E-state index in [0.717, 1.165) is 0 Å². The molecule has 0 unspecified atom stereocenters. The van der Waals surface area contributed by atoms with Crippen LogP contribution in [-0.2, 0) is 0 Å². The predicted molar refractivity (Wildman–Crippen MR) is 46.8 cm³/mol. The second-order valence-electron chi connectivity index (χ2n) is 2.05. The van der Waals surface area contributed by atoms with E-state index in [4.69, 9.17) is 0 Å². The molecule has 9 heavy (non-hydrogen) atoms. The van der Waals surface area contributed by atoms with E-state index in [2.05, 4.69) is 12.0 Å². The molecular formula is C7H18NP. The molecule has 0 aromatic heterocycles. The number of hydrogen-bond donors (Lipinski definition) is 1.